The van der Waals surface area contributed by atoms with Gasteiger partial charge in [0, 0.05) is 6.54 Å². The highest BCUT2D eigenvalue weighted by molar-refractivity contribution is 6.33. The van der Waals surface area contributed by atoms with E-state index in [1.165, 1.54) is 13.2 Å². The third-order valence-electron chi connectivity index (χ3n) is 4.65. The highest BCUT2D eigenvalue weighted by atomic mass is 35.5. The van der Waals surface area contributed by atoms with Crippen molar-refractivity contribution in [1.29, 1.82) is 5.26 Å². The second-order valence-corrected chi connectivity index (χ2v) is 6.75. The molecule has 0 spiro atoms. The number of nitriles is 1. The van der Waals surface area contributed by atoms with Crippen molar-refractivity contribution in [2.24, 2.45) is 0 Å². The summed E-state index contributed by atoms with van der Waals surface area (Å²) in [7, 11) is 1.47. The van der Waals surface area contributed by atoms with Crippen molar-refractivity contribution in [3.8, 4) is 23.1 Å². The lowest BCUT2D eigenvalue weighted by atomic mass is 10.1. The van der Waals surface area contributed by atoms with Gasteiger partial charge in [-0.1, -0.05) is 17.7 Å². The Balaban J connectivity index is 1.95. The number of ether oxygens (including phenoxy) is 1. The summed E-state index contributed by atoms with van der Waals surface area (Å²) >= 11 is 6.41. The monoisotopic (exact) mass is 422 g/mol. The largest absolute Gasteiger partial charge is 0.496 e. The third-order valence-corrected chi connectivity index (χ3v) is 4.95. The van der Waals surface area contributed by atoms with Crippen LogP contribution in [0.2, 0.25) is 5.02 Å². The summed E-state index contributed by atoms with van der Waals surface area (Å²) in [6.07, 6.45) is 1.55. The van der Waals surface area contributed by atoms with Crippen LogP contribution in [0.15, 0.2) is 42.6 Å². The number of hydrogen-bond acceptors (Lipinski definition) is 6. The Bertz CT molecular complexity index is 1280. The number of methoxy groups -OCH3 is 1. The van der Waals surface area contributed by atoms with Crippen LogP contribution in [0, 0.1) is 17.1 Å². The van der Waals surface area contributed by atoms with Gasteiger partial charge in [0.1, 0.15) is 28.3 Å². The van der Waals surface area contributed by atoms with Crippen LogP contribution < -0.4 is 9.64 Å². The standard InChI is InChI=1S/C21H16ClFN6O/c1-3-29(16-8-7-12(10-24)9-13(16)22)21-26-15-11-25-28-19(15)20(27-21)18-14(23)5-4-6-17(18)30-2/h4-9,11H,3H2,1-2H3,(H,25,28). The van der Waals surface area contributed by atoms with Gasteiger partial charge in [0.25, 0.3) is 0 Å². The minimum Gasteiger partial charge on any atom is -0.496 e. The molecule has 2 heterocycles. The lowest BCUT2D eigenvalue weighted by molar-refractivity contribution is 0.413. The molecule has 150 valence electrons. The van der Waals surface area contributed by atoms with Gasteiger partial charge in [-0.15, -0.1) is 0 Å². The molecule has 0 radical (unpaired) electrons. The van der Waals surface area contributed by atoms with E-state index >= 15 is 0 Å². The highest BCUT2D eigenvalue weighted by Gasteiger charge is 2.22. The first-order valence-electron chi connectivity index (χ1n) is 9.08. The number of nitrogens with one attached hydrogen (secondary N) is 1. The maximum absolute atomic E-state index is 14.8. The maximum atomic E-state index is 14.8. The Morgan fingerprint density at radius 1 is 1.27 bits per heavy atom. The van der Waals surface area contributed by atoms with Gasteiger partial charge in [-0.3, -0.25) is 5.10 Å². The number of benzene rings is 2. The average Bonchev–Trinajstić information content (AvgIpc) is 3.23. The minimum absolute atomic E-state index is 0.208. The van der Waals surface area contributed by atoms with E-state index in [0.717, 1.165) is 0 Å². The summed E-state index contributed by atoms with van der Waals surface area (Å²) in [4.78, 5) is 11.0. The third kappa shape index (κ3) is 3.29. The molecule has 30 heavy (non-hydrogen) atoms. The molecule has 0 bridgehead atoms. The topological polar surface area (TPSA) is 90.7 Å². The number of fused-ring (bicyclic) bond motifs is 1. The first kappa shape index (κ1) is 19.6. The fourth-order valence-corrected chi connectivity index (χ4v) is 3.53. The van der Waals surface area contributed by atoms with Gasteiger partial charge in [0.05, 0.1) is 41.2 Å². The summed E-state index contributed by atoms with van der Waals surface area (Å²) in [5.41, 5.74) is 2.62. The van der Waals surface area contributed by atoms with E-state index in [0.29, 0.717) is 51.2 Å². The maximum Gasteiger partial charge on any atom is 0.231 e. The van der Waals surface area contributed by atoms with Crippen LogP contribution in [-0.2, 0) is 0 Å². The lowest BCUT2D eigenvalue weighted by Crippen LogP contribution is -2.19. The molecule has 4 rings (SSSR count). The molecule has 0 aliphatic heterocycles. The van der Waals surface area contributed by atoms with Crippen LogP contribution in [0.25, 0.3) is 22.3 Å². The van der Waals surface area contributed by atoms with Crippen molar-refractivity contribution in [3.05, 3.63) is 59.0 Å². The number of anilines is 2. The molecule has 0 aliphatic carbocycles. The molecule has 0 saturated carbocycles. The predicted molar refractivity (Wildman–Crippen MR) is 112 cm³/mol. The van der Waals surface area contributed by atoms with Gasteiger partial charge in [0.15, 0.2) is 0 Å². The van der Waals surface area contributed by atoms with Gasteiger partial charge in [-0.2, -0.15) is 10.4 Å². The highest BCUT2D eigenvalue weighted by Crippen LogP contribution is 2.37. The second-order valence-electron chi connectivity index (χ2n) is 6.34. The normalized spacial score (nSPS) is 10.8. The number of aromatic amines is 1. The molecule has 0 fully saturated rings. The SMILES string of the molecule is CCN(c1nc(-c2c(F)cccc2OC)c2[nH]ncc2n1)c1ccc(C#N)cc1Cl. The van der Waals surface area contributed by atoms with Crippen molar-refractivity contribution in [3.63, 3.8) is 0 Å². The number of nitrogens with zero attached hydrogens (tertiary/aromatic N) is 5. The van der Waals surface area contributed by atoms with Gasteiger partial charge < -0.3 is 9.64 Å². The van der Waals surface area contributed by atoms with Gasteiger partial charge in [-0.05, 0) is 37.3 Å². The van der Waals surface area contributed by atoms with E-state index in [-0.39, 0.29) is 5.56 Å². The number of aromatic nitrogens is 4. The van der Waals surface area contributed by atoms with Crippen molar-refractivity contribution >= 4 is 34.3 Å². The fraction of sp³-hybridized carbons (Fsp3) is 0.143. The number of H-pyrrole nitrogens is 1. The van der Waals surface area contributed by atoms with Crippen molar-refractivity contribution < 1.29 is 9.13 Å². The molecular weight excluding hydrogens is 407 g/mol. The summed E-state index contributed by atoms with van der Waals surface area (Å²) < 4.78 is 20.2. The van der Waals surface area contributed by atoms with Crippen molar-refractivity contribution in [1.82, 2.24) is 20.2 Å². The molecule has 7 nitrogen and oxygen atoms in total. The molecule has 0 unspecified atom stereocenters. The quantitative estimate of drug-likeness (QED) is 0.494. The smallest absolute Gasteiger partial charge is 0.231 e. The van der Waals surface area contributed by atoms with Crippen LogP contribution in [0.4, 0.5) is 16.0 Å². The molecule has 2 aromatic carbocycles. The van der Waals surface area contributed by atoms with E-state index < -0.39 is 5.82 Å². The summed E-state index contributed by atoms with van der Waals surface area (Å²) in [5.74, 6) is 0.183. The molecule has 0 saturated heterocycles. The van der Waals surface area contributed by atoms with E-state index in [9.17, 15) is 4.39 Å². The number of hydrogen-bond donors (Lipinski definition) is 1. The van der Waals surface area contributed by atoms with Crippen LogP contribution >= 0.6 is 11.6 Å². The first-order chi connectivity index (χ1) is 14.6. The van der Waals surface area contributed by atoms with Crippen LogP contribution in [0.3, 0.4) is 0 Å². The van der Waals surface area contributed by atoms with Gasteiger partial charge in [-0.25, -0.2) is 14.4 Å². The van der Waals surface area contributed by atoms with Crippen LogP contribution in [0.1, 0.15) is 12.5 Å². The molecule has 9 heteroatoms. The van der Waals surface area contributed by atoms with Gasteiger partial charge in [0.2, 0.25) is 5.95 Å². The van der Waals surface area contributed by atoms with Gasteiger partial charge >= 0.3 is 0 Å². The summed E-state index contributed by atoms with van der Waals surface area (Å²) in [5, 5.41) is 16.4. The van der Waals surface area contributed by atoms with E-state index in [1.54, 1.807) is 41.4 Å². The minimum atomic E-state index is -0.477. The molecule has 0 aliphatic rings. The van der Waals surface area contributed by atoms with Crippen molar-refractivity contribution in [2.75, 3.05) is 18.6 Å². The zero-order valence-corrected chi connectivity index (χ0v) is 16.9. The summed E-state index contributed by atoms with van der Waals surface area (Å²) in [6.45, 7) is 2.41. The average molecular weight is 423 g/mol. The van der Waals surface area contributed by atoms with Crippen molar-refractivity contribution in [2.45, 2.75) is 6.92 Å². The predicted octanol–water partition coefficient (Wildman–Crippen LogP) is 4.85. The van der Waals surface area contributed by atoms with Crippen LogP contribution in [-0.4, -0.2) is 33.8 Å². The zero-order chi connectivity index (χ0) is 21.3. The molecule has 0 amide bonds. The Hall–Kier alpha value is -3.70. The zero-order valence-electron chi connectivity index (χ0n) is 16.1. The molecular formula is C21H16ClFN6O. The second kappa shape index (κ2) is 7.97. The Morgan fingerprint density at radius 2 is 2.10 bits per heavy atom. The number of rotatable bonds is 5. The van der Waals surface area contributed by atoms with E-state index in [1.807, 2.05) is 6.92 Å². The Morgan fingerprint density at radius 3 is 2.80 bits per heavy atom. The first-order valence-corrected chi connectivity index (χ1v) is 9.46. The summed E-state index contributed by atoms with van der Waals surface area (Å²) in [6, 6.07) is 11.6. The molecule has 2 aromatic heterocycles. The fourth-order valence-electron chi connectivity index (χ4n) is 3.25. The van der Waals surface area contributed by atoms with Crippen LogP contribution in [0.5, 0.6) is 5.75 Å². The molecule has 0 atom stereocenters. The molecule has 4 aromatic rings. The van der Waals surface area contributed by atoms with E-state index in [4.69, 9.17) is 21.6 Å². The Labute approximate surface area is 176 Å². The molecule has 1 N–H and O–H groups in total. The Kier molecular flexibility index (Phi) is 5.21. The van der Waals surface area contributed by atoms with E-state index in [2.05, 4.69) is 26.2 Å². The number of halogens is 2. The lowest BCUT2D eigenvalue weighted by Gasteiger charge is -2.23.